The van der Waals surface area contributed by atoms with Gasteiger partial charge in [-0.3, -0.25) is 0 Å². The van der Waals surface area contributed by atoms with Crippen LogP contribution >= 0.6 is 0 Å². The molecule has 3 rings (SSSR count). The van der Waals surface area contributed by atoms with E-state index in [0.717, 1.165) is 16.8 Å². The minimum absolute atomic E-state index is 0.365. The number of benzene rings is 2. The normalized spacial score (nSPS) is 11.1. The maximum Gasteiger partial charge on any atom is 0.322 e. The molecule has 3 nitrogen and oxygen atoms in total. The van der Waals surface area contributed by atoms with Crippen LogP contribution in [0.15, 0.2) is 70.3 Å². The van der Waals surface area contributed by atoms with Gasteiger partial charge >= 0.3 is 6.01 Å². The summed E-state index contributed by atoms with van der Waals surface area (Å²) in [6.45, 7) is 2.06. The van der Waals surface area contributed by atoms with Crippen molar-refractivity contribution in [2.45, 2.75) is 6.92 Å². The third-order valence-corrected chi connectivity index (χ3v) is 2.96. The molecular weight excluding hydrogens is 248 g/mol. The fourth-order valence-corrected chi connectivity index (χ4v) is 1.85. The van der Waals surface area contributed by atoms with Gasteiger partial charge in [0.2, 0.25) is 0 Å². The molecule has 0 aliphatic heterocycles. The van der Waals surface area contributed by atoms with Crippen LogP contribution in [0.3, 0.4) is 0 Å². The van der Waals surface area contributed by atoms with Crippen LogP contribution < -0.4 is 0 Å². The van der Waals surface area contributed by atoms with Gasteiger partial charge in [-0.2, -0.15) is 4.98 Å². The fourth-order valence-electron chi connectivity index (χ4n) is 1.85. The number of aryl methyl sites for hydroxylation is 1. The maximum atomic E-state index is 5.36. The molecule has 3 aromatic rings. The van der Waals surface area contributed by atoms with Crippen molar-refractivity contribution in [2.24, 2.45) is 4.99 Å². The van der Waals surface area contributed by atoms with E-state index in [0.29, 0.717) is 6.01 Å². The van der Waals surface area contributed by atoms with Gasteiger partial charge in [0.25, 0.3) is 0 Å². The summed E-state index contributed by atoms with van der Waals surface area (Å²) in [4.78, 5) is 8.60. The van der Waals surface area contributed by atoms with Crippen molar-refractivity contribution in [1.82, 2.24) is 4.98 Å². The Kier molecular flexibility index (Phi) is 3.42. The molecule has 0 saturated heterocycles. The van der Waals surface area contributed by atoms with Crippen molar-refractivity contribution in [3.8, 4) is 11.3 Å². The first-order valence-electron chi connectivity index (χ1n) is 6.43. The lowest BCUT2D eigenvalue weighted by atomic mass is 10.1. The predicted octanol–water partition coefficient (Wildman–Crippen LogP) is 4.40. The van der Waals surface area contributed by atoms with Crippen LogP contribution in [-0.2, 0) is 0 Å². The molecule has 0 saturated carbocycles. The highest BCUT2D eigenvalue weighted by molar-refractivity contribution is 5.81. The number of hydrogen-bond acceptors (Lipinski definition) is 3. The van der Waals surface area contributed by atoms with Crippen molar-refractivity contribution in [2.75, 3.05) is 0 Å². The van der Waals surface area contributed by atoms with Crippen LogP contribution in [-0.4, -0.2) is 11.2 Å². The van der Waals surface area contributed by atoms with Gasteiger partial charge in [0.05, 0.1) is 0 Å². The molecule has 0 aliphatic rings. The molecule has 2 aromatic carbocycles. The van der Waals surface area contributed by atoms with Crippen LogP contribution in [0.25, 0.3) is 11.3 Å². The molecule has 0 unspecified atom stereocenters. The standard InChI is InChI=1S/C17H14N2O/c1-13-7-9-15(10-8-13)16-12-20-17(19-16)18-11-14-5-3-2-4-6-14/h2-12H,1H3/b18-11+. The van der Waals surface area contributed by atoms with Gasteiger partial charge in [-0.15, -0.1) is 0 Å². The van der Waals surface area contributed by atoms with E-state index in [1.54, 1.807) is 12.5 Å². The highest BCUT2D eigenvalue weighted by Gasteiger charge is 2.04. The molecule has 20 heavy (non-hydrogen) atoms. The Balaban J connectivity index is 1.80. The van der Waals surface area contributed by atoms with Crippen molar-refractivity contribution >= 4 is 12.2 Å². The summed E-state index contributed by atoms with van der Waals surface area (Å²) in [6, 6.07) is 18.4. The second-order valence-corrected chi connectivity index (χ2v) is 4.55. The molecule has 3 heteroatoms. The van der Waals surface area contributed by atoms with Crippen molar-refractivity contribution in [3.05, 3.63) is 72.0 Å². The van der Waals surface area contributed by atoms with E-state index in [9.17, 15) is 0 Å². The van der Waals surface area contributed by atoms with Crippen LogP contribution in [0.1, 0.15) is 11.1 Å². The largest absolute Gasteiger partial charge is 0.430 e. The lowest BCUT2D eigenvalue weighted by Crippen LogP contribution is -1.79. The zero-order valence-corrected chi connectivity index (χ0v) is 11.2. The Morgan fingerprint density at radius 2 is 1.75 bits per heavy atom. The van der Waals surface area contributed by atoms with Crippen LogP contribution in [0.4, 0.5) is 6.01 Å². The molecule has 0 amide bonds. The Bertz CT molecular complexity index is 712. The van der Waals surface area contributed by atoms with Gasteiger partial charge in [-0.1, -0.05) is 60.2 Å². The molecule has 1 heterocycles. The highest BCUT2D eigenvalue weighted by Crippen LogP contribution is 2.22. The van der Waals surface area contributed by atoms with Gasteiger partial charge < -0.3 is 4.42 Å². The summed E-state index contributed by atoms with van der Waals surface area (Å²) in [6.07, 6.45) is 3.37. The minimum atomic E-state index is 0.365. The van der Waals surface area contributed by atoms with Crippen LogP contribution in [0.2, 0.25) is 0 Å². The van der Waals surface area contributed by atoms with Crippen molar-refractivity contribution < 1.29 is 4.42 Å². The topological polar surface area (TPSA) is 38.4 Å². The third-order valence-electron chi connectivity index (χ3n) is 2.96. The maximum absolute atomic E-state index is 5.36. The van der Waals surface area contributed by atoms with E-state index in [1.165, 1.54) is 5.56 Å². The monoisotopic (exact) mass is 262 g/mol. The highest BCUT2D eigenvalue weighted by atomic mass is 16.4. The number of nitrogens with zero attached hydrogens (tertiary/aromatic N) is 2. The molecule has 1 aromatic heterocycles. The van der Waals surface area contributed by atoms with E-state index in [4.69, 9.17) is 4.42 Å². The summed E-state index contributed by atoms with van der Waals surface area (Å²) in [5, 5.41) is 0. The summed E-state index contributed by atoms with van der Waals surface area (Å²) in [7, 11) is 0. The molecule has 0 radical (unpaired) electrons. The van der Waals surface area contributed by atoms with Crippen molar-refractivity contribution in [3.63, 3.8) is 0 Å². The zero-order valence-electron chi connectivity index (χ0n) is 11.2. The minimum Gasteiger partial charge on any atom is -0.430 e. The molecule has 98 valence electrons. The molecule has 0 bridgehead atoms. The number of aliphatic imine (C=N–C) groups is 1. The van der Waals surface area contributed by atoms with E-state index in [1.807, 2.05) is 42.5 Å². The van der Waals surface area contributed by atoms with Crippen molar-refractivity contribution in [1.29, 1.82) is 0 Å². The van der Waals surface area contributed by atoms with Crippen LogP contribution in [0.5, 0.6) is 0 Å². The van der Waals surface area contributed by atoms with Crippen LogP contribution in [0, 0.1) is 6.92 Å². The third kappa shape index (κ3) is 2.83. The van der Waals surface area contributed by atoms with Gasteiger partial charge in [0.15, 0.2) is 0 Å². The summed E-state index contributed by atoms with van der Waals surface area (Å²) < 4.78 is 5.36. The molecule has 0 aliphatic carbocycles. The van der Waals surface area contributed by atoms with Gasteiger partial charge in [-0.05, 0) is 12.5 Å². The van der Waals surface area contributed by atoms with Gasteiger partial charge in [-0.25, -0.2) is 4.99 Å². The Morgan fingerprint density at radius 3 is 2.50 bits per heavy atom. The first kappa shape index (κ1) is 12.4. The molecule has 0 N–H and O–H groups in total. The first-order chi connectivity index (χ1) is 9.81. The van der Waals surface area contributed by atoms with E-state index >= 15 is 0 Å². The van der Waals surface area contributed by atoms with E-state index in [-0.39, 0.29) is 0 Å². The Morgan fingerprint density at radius 1 is 1.00 bits per heavy atom. The Labute approximate surface area is 117 Å². The summed E-state index contributed by atoms with van der Waals surface area (Å²) >= 11 is 0. The first-order valence-corrected chi connectivity index (χ1v) is 6.43. The van der Waals surface area contributed by atoms with E-state index in [2.05, 4.69) is 29.0 Å². The summed E-state index contributed by atoms with van der Waals surface area (Å²) in [5.74, 6) is 0. The number of rotatable bonds is 3. The predicted molar refractivity (Wildman–Crippen MR) is 80.4 cm³/mol. The zero-order chi connectivity index (χ0) is 13.8. The molecule has 0 atom stereocenters. The SMILES string of the molecule is Cc1ccc(-c2coc(/N=C/c3ccccc3)n2)cc1. The Hall–Kier alpha value is -2.68. The quantitative estimate of drug-likeness (QED) is 0.656. The fraction of sp³-hybridized carbons (Fsp3) is 0.0588. The lowest BCUT2D eigenvalue weighted by Gasteiger charge is -1.95. The smallest absolute Gasteiger partial charge is 0.322 e. The summed E-state index contributed by atoms with van der Waals surface area (Å²) in [5.41, 5.74) is 4.06. The molecule has 0 spiro atoms. The average Bonchev–Trinajstić information content (AvgIpc) is 2.96. The average molecular weight is 262 g/mol. The second kappa shape index (κ2) is 5.53. The second-order valence-electron chi connectivity index (χ2n) is 4.55. The number of hydrogen-bond donors (Lipinski definition) is 0. The number of oxazole rings is 1. The molecule has 0 fully saturated rings. The van der Waals surface area contributed by atoms with E-state index < -0.39 is 0 Å². The van der Waals surface area contributed by atoms with Gasteiger partial charge in [0, 0.05) is 11.8 Å². The van der Waals surface area contributed by atoms with Gasteiger partial charge in [0.1, 0.15) is 12.0 Å². The number of aromatic nitrogens is 1. The molecular formula is C17H14N2O. The lowest BCUT2D eigenvalue weighted by molar-refractivity contribution is 0.570.